The number of nitrogen functional groups attached to an aromatic ring is 1. The number of fused-ring (bicyclic) bond motifs is 1. The molecule has 0 bridgehead atoms. The van der Waals surface area contributed by atoms with Crippen LogP contribution in [0.1, 0.15) is 29.0 Å². The fraction of sp³-hybridized carbons (Fsp3) is 0.333. The molecule has 1 aliphatic heterocycles. The van der Waals surface area contributed by atoms with Crippen LogP contribution in [0, 0.1) is 12.8 Å². The molecule has 0 spiro atoms. The Morgan fingerprint density at radius 2 is 2.09 bits per heavy atom. The quantitative estimate of drug-likeness (QED) is 0.413. The molecule has 3 aromatic heterocycles. The summed E-state index contributed by atoms with van der Waals surface area (Å²) in [6.07, 6.45) is 4.69. The fourth-order valence-corrected chi connectivity index (χ4v) is 4.46. The van der Waals surface area contributed by atoms with Crippen LogP contribution in [-0.2, 0) is 7.05 Å². The second-order valence-electron chi connectivity index (χ2n) is 8.67. The number of aromatic nitrogens is 4. The average Bonchev–Trinajstić information content (AvgIpc) is 3.44. The smallest absolute Gasteiger partial charge is 0.277 e. The van der Waals surface area contributed by atoms with Crippen molar-refractivity contribution in [1.82, 2.24) is 19.7 Å². The molecule has 10 nitrogen and oxygen atoms in total. The number of aryl methyl sites for hydroxylation is 2. The standard InChI is InChI=1S/C24H27N7O3/c1-14-17-10-21(31-7-4-15(12-32)5-8-31)18(11-20(17)30(2)29-14)27-23(33)19-13-34-24(28-19)16-3-6-26-22(25)9-16/h3,6,9-11,13,15,32H,4-5,7-8,12H2,1-2H3,(H2,25,26)(H,27,33). The first-order chi connectivity index (χ1) is 16.4. The van der Waals surface area contributed by atoms with Crippen LogP contribution in [0.5, 0.6) is 0 Å². The molecule has 0 saturated carbocycles. The van der Waals surface area contributed by atoms with Gasteiger partial charge in [-0.3, -0.25) is 9.48 Å². The van der Waals surface area contributed by atoms with Gasteiger partial charge in [-0.2, -0.15) is 5.10 Å². The first kappa shape index (κ1) is 21.9. The minimum atomic E-state index is -0.373. The molecular formula is C24H27N7O3. The highest BCUT2D eigenvalue weighted by Crippen LogP contribution is 2.35. The number of benzene rings is 1. The summed E-state index contributed by atoms with van der Waals surface area (Å²) in [5.74, 6) is 0.579. The van der Waals surface area contributed by atoms with Crippen LogP contribution in [0.4, 0.5) is 17.2 Å². The van der Waals surface area contributed by atoms with Crippen molar-refractivity contribution in [3.63, 3.8) is 0 Å². The van der Waals surface area contributed by atoms with Crippen LogP contribution in [0.3, 0.4) is 0 Å². The molecule has 1 aliphatic rings. The van der Waals surface area contributed by atoms with Crippen LogP contribution in [0.2, 0.25) is 0 Å². The molecule has 0 atom stereocenters. The van der Waals surface area contributed by atoms with E-state index in [0.29, 0.717) is 28.9 Å². The summed E-state index contributed by atoms with van der Waals surface area (Å²) >= 11 is 0. The largest absolute Gasteiger partial charge is 0.444 e. The molecule has 10 heteroatoms. The summed E-state index contributed by atoms with van der Waals surface area (Å²) in [5.41, 5.74) is 10.0. The molecule has 1 fully saturated rings. The summed E-state index contributed by atoms with van der Waals surface area (Å²) in [7, 11) is 1.89. The molecule has 0 aliphatic carbocycles. The summed E-state index contributed by atoms with van der Waals surface area (Å²) in [6, 6.07) is 7.39. The van der Waals surface area contributed by atoms with Gasteiger partial charge in [-0.15, -0.1) is 0 Å². The number of carbonyl (C=O) groups excluding carboxylic acids is 1. The Morgan fingerprint density at radius 1 is 1.29 bits per heavy atom. The minimum Gasteiger partial charge on any atom is -0.444 e. The van der Waals surface area contributed by atoms with E-state index in [9.17, 15) is 9.90 Å². The molecule has 1 amide bonds. The second kappa shape index (κ2) is 8.79. The topological polar surface area (TPSA) is 135 Å². The third kappa shape index (κ3) is 4.08. The number of hydrogen-bond donors (Lipinski definition) is 3. The highest BCUT2D eigenvalue weighted by molar-refractivity contribution is 6.06. The molecular weight excluding hydrogens is 434 g/mol. The third-order valence-electron chi connectivity index (χ3n) is 6.38. The van der Waals surface area contributed by atoms with E-state index in [4.69, 9.17) is 10.2 Å². The maximum Gasteiger partial charge on any atom is 0.277 e. The highest BCUT2D eigenvalue weighted by atomic mass is 16.3. The first-order valence-corrected chi connectivity index (χ1v) is 11.2. The van der Waals surface area contributed by atoms with Crippen LogP contribution < -0.4 is 16.0 Å². The van der Waals surface area contributed by atoms with Gasteiger partial charge in [0.05, 0.1) is 22.6 Å². The van der Waals surface area contributed by atoms with Crippen molar-refractivity contribution in [1.29, 1.82) is 0 Å². The number of aliphatic hydroxyl groups excluding tert-OH is 1. The molecule has 5 rings (SSSR count). The van der Waals surface area contributed by atoms with Crippen molar-refractivity contribution in [2.75, 3.05) is 35.6 Å². The first-order valence-electron chi connectivity index (χ1n) is 11.2. The number of carbonyl (C=O) groups is 1. The van der Waals surface area contributed by atoms with Gasteiger partial charge >= 0.3 is 0 Å². The number of oxazole rings is 1. The number of hydrogen-bond acceptors (Lipinski definition) is 8. The number of pyridine rings is 1. The summed E-state index contributed by atoms with van der Waals surface area (Å²) in [5, 5.41) is 18.1. The van der Waals surface area contributed by atoms with Gasteiger partial charge in [-0.1, -0.05) is 0 Å². The van der Waals surface area contributed by atoms with E-state index >= 15 is 0 Å². The van der Waals surface area contributed by atoms with E-state index in [1.807, 2.05) is 24.7 Å². The molecule has 176 valence electrons. The van der Waals surface area contributed by atoms with E-state index in [1.165, 1.54) is 6.26 Å². The number of nitrogens with zero attached hydrogens (tertiary/aromatic N) is 5. The van der Waals surface area contributed by atoms with E-state index in [0.717, 1.165) is 48.2 Å². The molecule has 4 heterocycles. The van der Waals surface area contributed by atoms with Gasteiger partial charge in [0, 0.05) is 43.9 Å². The summed E-state index contributed by atoms with van der Waals surface area (Å²) in [6.45, 7) is 3.79. The molecule has 0 radical (unpaired) electrons. The Hall–Kier alpha value is -3.92. The van der Waals surface area contributed by atoms with Gasteiger partial charge in [0.1, 0.15) is 12.1 Å². The number of aliphatic hydroxyl groups is 1. The van der Waals surface area contributed by atoms with Gasteiger partial charge in [0.25, 0.3) is 5.91 Å². The van der Waals surface area contributed by atoms with Crippen LogP contribution in [0.25, 0.3) is 22.4 Å². The van der Waals surface area contributed by atoms with Crippen molar-refractivity contribution in [3.05, 3.63) is 48.1 Å². The van der Waals surface area contributed by atoms with Crippen molar-refractivity contribution in [2.45, 2.75) is 19.8 Å². The highest BCUT2D eigenvalue weighted by Gasteiger charge is 2.24. The second-order valence-corrected chi connectivity index (χ2v) is 8.67. The van der Waals surface area contributed by atoms with E-state index in [2.05, 4.69) is 31.3 Å². The lowest BCUT2D eigenvalue weighted by Crippen LogP contribution is -2.35. The zero-order valence-corrected chi connectivity index (χ0v) is 19.2. The fourth-order valence-electron chi connectivity index (χ4n) is 4.46. The van der Waals surface area contributed by atoms with Crippen molar-refractivity contribution in [2.24, 2.45) is 13.0 Å². The lowest BCUT2D eigenvalue weighted by Gasteiger charge is -2.34. The summed E-state index contributed by atoms with van der Waals surface area (Å²) in [4.78, 5) is 23.7. The van der Waals surface area contributed by atoms with Crippen molar-refractivity contribution < 1.29 is 14.3 Å². The Morgan fingerprint density at radius 3 is 2.82 bits per heavy atom. The number of nitrogens with one attached hydrogen (secondary N) is 1. The minimum absolute atomic E-state index is 0.164. The van der Waals surface area contributed by atoms with Crippen LogP contribution >= 0.6 is 0 Å². The Labute approximate surface area is 196 Å². The van der Waals surface area contributed by atoms with Crippen LogP contribution in [-0.4, -0.2) is 50.5 Å². The molecule has 4 N–H and O–H groups in total. The third-order valence-corrected chi connectivity index (χ3v) is 6.38. The van der Waals surface area contributed by atoms with Gasteiger partial charge < -0.3 is 25.5 Å². The molecule has 4 aromatic rings. The van der Waals surface area contributed by atoms with Gasteiger partial charge in [-0.05, 0) is 49.9 Å². The zero-order valence-electron chi connectivity index (χ0n) is 19.2. The predicted octanol–water partition coefficient (Wildman–Crippen LogP) is 2.97. The summed E-state index contributed by atoms with van der Waals surface area (Å²) < 4.78 is 7.33. The Bertz CT molecular complexity index is 1350. The number of anilines is 3. The van der Waals surface area contributed by atoms with Crippen molar-refractivity contribution in [3.8, 4) is 11.5 Å². The van der Waals surface area contributed by atoms with Crippen molar-refractivity contribution >= 4 is 34.0 Å². The Kier molecular flexibility index (Phi) is 5.66. The lowest BCUT2D eigenvalue weighted by atomic mass is 9.97. The maximum absolute atomic E-state index is 13.1. The zero-order chi connectivity index (χ0) is 23.8. The Balaban J connectivity index is 1.46. The number of nitrogens with two attached hydrogens (primary N) is 1. The molecule has 0 unspecified atom stereocenters. The van der Waals surface area contributed by atoms with E-state index in [-0.39, 0.29) is 18.2 Å². The monoisotopic (exact) mass is 461 g/mol. The SMILES string of the molecule is Cc1nn(C)c2cc(NC(=O)c3coc(-c4ccnc(N)c4)n3)c(N3CCC(CO)CC3)cc12. The van der Waals surface area contributed by atoms with Gasteiger partial charge in [0.2, 0.25) is 5.89 Å². The van der Waals surface area contributed by atoms with E-state index in [1.54, 1.807) is 18.3 Å². The predicted molar refractivity (Wildman–Crippen MR) is 130 cm³/mol. The van der Waals surface area contributed by atoms with E-state index < -0.39 is 0 Å². The molecule has 1 saturated heterocycles. The normalized spacial score (nSPS) is 14.6. The van der Waals surface area contributed by atoms with Crippen LogP contribution in [0.15, 0.2) is 41.1 Å². The maximum atomic E-state index is 13.1. The molecule has 1 aromatic carbocycles. The average molecular weight is 462 g/mol. The lowest BCUT2D eigenvalue weighted by molar-refractivity contribution is 0.102. The van der Waals surface area contributed by atoms with Gasteiger partial charge in [-0.25, -0.2) is 9.97 Å². The number of amides is 1. The number of piperidine rings is 1. The number of rotatable bonds is 5. The van der Waals surface area contributed by atoms with Gasteiger partial charge in [0.15, 0.2) is 5.69 Å². The molecule has 34 heavy (non-hydrogen) atoms.